The van der Waals surface area contributed by atoms with E-state index in [1.165, 1.54) is 12.0 Å². The average molecular weight is 340 g/mol. The van der Waals surface area contributed by atoms with Crippen LogP contribution in [0, 0.1) is 5.92 Å². The van der Waals surface area contributed by atoms with Crippen molar-refractivity contribution in [3.8, 4) is 0 Å². The van der Waals surface area contributed by atoms with Gasteiger partial charge in [0.1, 0.15) is 0 Å². The zero-order valence-electron chi connectivity index (χ0n) is 14.9. The standard InChI is InChI=1S/C20H28N4O/c1-23-12-7-10-18(19(23)17-8-3-2-4-9-17)16-22-20(25)21-11-15-24-13-5-6-14-24/h2-6,8-9,13-14,18-19H,7,10-12,15-16H2,1H3,(H2,21,22,25). The summed E-state index contributed by atoms with van der Waals surface area (Å²) in [6, 6.07) is 14.9. The number of hydrogen-bond donors (Lipinski definition) is 2. The van der Waals surface area contributed by atoms with Crippen LogP contribution in [0.25, 0.3) is 0 Å². The Labute approximate surface area is 150 Å². The first-order valence-corrected chi connectivity index (χ1v) is 9.11. The number of nitrogens with zero attached hydrogens (tertiary/aromatic N) is 2. The average Bonchev–Trinajstić information content (AvgIpc) is 3.14. The van der Waals surface area contributed by atoms with Gasteiger partial charge in [0.2, 0.25) is 0 Å². The van der Waals surface area contributed by atoms with E-state index < -0.39 is 0 Å². The van der Waals surface area contributed by atoms with E-state index in [-0.39, 0.29) is 6.03 Å². The van der Waals surface area contributed by atoms with Gasteiger partial charge >= 0.3 is 6.03 Å². The summed E-state index contributed by atoms with van der Waals surface area (Å²) in [7, 11) is 2.18. The van der Waals surface area contributed by atoms with Gasteiger partial charge in [-0.3, -0.25) is 4.90 Å². The maximum atomic E-state index is 12.1. The molecule has 1 saturated heterocycles. The van der Waals surface area contributed by atoms with Crippen molar-refractivity contribution in [2.75, 3.05) is 26.7 Å². The smallest absolute Gasteiger partial charge is 0.314 e. The zero-order chi connectivity index (χ0) is 17.5. The van der Waals surface area contributed by atoms with E-state index in [9.17, 15) is 4.79 Å². The Balaban J connectivity index is 1.49. The van der Waals surface area contributed by atoms with Crippen LogP contribution in [0.1, 0.15) is 24.4 Å². The monoisotopic (exact) mass is 340 g/mol. The lowest BCUT2D eigenvalue weighted by Crippen LogP contribution is -2.44. The summed E-state index contributed by atoms with van der Waals surface area (Å²) < 4.78 is 2.06. The highest BCUT2D eigenvalue weighted by Gasteiger charge is 2.30. The molecule has 1 fully saturated rings. The summed E-state index contributed by atoms with van der Waals surface area (Å²) in [5.74, 6) is 0.441. The van der Waals surface area contributed by atoms with E-state index in [2.05, 4.69) is 57.5 Å². The number of likely N-dealkylation sites (tertiary alicyclic amines) is 1. The molecule has 0 spiro atoms. The van der Waals surface area contributed by atoms with E-state index in [0.717, 1.165) is 19.5 Å². The van der Waals surface area contributed by atoms with Crippen molar-refractivity contribution in [3.05, 3.63) is 60.4 Å². The minimum absolute atomic E-state index is 0.0767. The van der Waals surface area contributed by atoms with Crippen molar-refractivity contribution < 1.29 is 4.79 Å². The maximum Gasteiger partial charge on any atom is 0.314 e. The molecule has 0 aliphatic carbocycles. The lowest BCUT2D eigenvalue weighted by molar-refractivity contribution is 0.120. The van der Waals surface area contributed by atoms with E-state index in [1.54, 1.807) is 0 Å². The predicted octanol–water partition coefficient (Wildman–Crippen LogP) is 2.87. The number of hydrogen-bond acceptors (Lipinski definition) is 2. The number of carbonyl (C=O) groups is 1. The summed E-state index contributed by atoms with van der Waals surface area (Å²) in [6.07, 6.45) is 6.33. The highest BCUT2D eigenvalue weighted by Crippen LogP contribution is 2.34. The van der Waals surface area contributed by atoms with Gasteiger partial charge in [0, 0.05) is 38.1 Å². The van der Waals surface area contributed by atoms with Gasteiger partial charge in [-0.05, 0) is 50.0 Å². The van der Waals surface area contributed by atoms with Crippen molar-refractivity contribution in [1.82, 2.24) is 20.1 Å². The van der Waals surface area contributed by atoms with Crippen LogP contribution in [0.15, 0.2) is 54.9 Å². The van der Waals surface area contributed by atoms with E-state index in [0.29, 0.717) is 25.0 Å². The molecule has 2 N–H and O–H groups in total. The number of aromatic nitrogens is 1. The minimum Gasteiger partial charge on any atom is -0.353 e. The fourth-order valence-corrected chi connectivity index (χ4v) is 3.75. The third-order valence-electron chi connectivity index (χ3n) is 4.99. The number of urea groups is 1. The van der Waals surface area contributed by atoms with Crippen LogP contribution in [-0.4, -0.2) is 42.2 Å². The molecule has 1 aliphatic rings. The molecule has 0 saturated carbocycles. The van der Waals surface area contributed by atoms with Gasteiger partial charge < -0.3 is 15.2 Å². The molecule has 1 aromatic heterocycles. The first-order valence-electron chi connectivity index (χ1n) is 9.11. The molecule has 0 bridgehead atoms. The van der Waals surface area contributed by atoms with Crippen molar-refractivity contribution in [1.29, 1.82) is 0 Å². The first kappa shape index (κ1) is 17.5. The van der Waals surface area contributed by atoms with Crippen LogP contribution < -0.4 is 10.6 Å². The third kappa shape index (κ3) is 4.86. The SMILES string of the molecule is CN1CCCC(CNC(=O)NCCn2cccc2)C1c1ccccc1. The fraction of sp³-hybridized carbons (Fsp3) is 0.450. The largest absolute Gasteiger partial charge is 0.353 e. The Kier molecular flexibility index (Phi) is 6.12. The van der Waals surface area contributed by atoms with Gasteiger partial charge in [-0.2, -0.15) is 0 Å². The lowest BCUT2D eigenvalue weighted by Gasteiger charge is -2.39. The van der Waals surface area contributed by atoms with Gasteiger partial charge in [0.25, 0.3) is 0 Å². The van der Waals surface area contributed by atoms with Crippen LogP contribution >= 0.6 is 0 Å². The first-order chi connectivity index (χ1) is 12.2. The number of benzene rings is 1. The van der Waals surface area contributed by atoms with Gasteiger partial charge in [0.15, 0.2) is 0 Å². The highest BCUT2D eigenvalue weighted by molar-refractivity contribution is 5.73. The molecule has 2 heterocycles. The number of nitrogens with one attached hydrogen (secondary N) is 2. The van der Waals surface area contributed by atoms with Crippen LogP contribution in [0.5, 0.6) is 0 Å². The fourth-order valence-electron chi connectivity index (χ4n) is 3.75. The van der Waals surface area contributed by atoms with Gasteiger partial charge in [-0.25, -0.2) is 4.79 Å². The molecular formula is C20H28N4O. The summed E-state index contributed by atoms with van der Waals surface area (Å²) >= 11 is 0. The summed E-state index contributed by atoms with van der Waals surface area (Å²) in [5, 5.41) is 6.01. The van der Waals surface area contributed by atoms with Gasteiger partial charge in [0.05, 0.1) is 0 Å². The van der Waals surface area contributed by atoms with Crippen molar-refractivity contribution in [2.45, 2.75) is 25.4 Å². The molecular weight excluding hydrogens is 312 g/mol. The maximum absolute atomic E-state index is 12.1. The van der Waals surface area contributed by atoms with Crippen LogP contribution in [0.2, 0.25) is 0 Å². The second-order valence-electron chi connectivity index (χ2n) is 6.80. The van der Waals surface area contributed by atoms with E-state index in [1.807, 2.05) is 24.5 Å². The van der Waals surface area contributed by atoms with E-state index in [4.69, 9.17) is 0 Å². The third-order valence-corrected chi connectivity index (χ3v) is 4.99. The molecule has 2 aromatic rings. The van der Waals surface area contributed by atoms with Crippen LogP contribution in [-0.2, 0) is 6.54 Å². The van der Waals surface area contributed by atoms with Gasteiger partial charge in [-0.1, -0.05) is 30.3 Å². The van der Waals surface area contributed by atoms with Crippen molar-refractivity contribution in [3.63, 3.8) is 0 Å². The van der Waals surface area contributed by atoms with Gasteiger partial charge in [-0.15, -0.1) is 0 Å². The second kappa shape index (κ2) is 8.72. The number of piperidine rings is 1. The summed E-state index contributed by atoms with van der Waals surface area (Å²) in [4.78, 5) is 14.5. The topological polar surface area (TPSA) is 49.3 Å². The van der Waals surface area contributed by atoms with Crippen LogP contribution in [0.3, 0.4) is 0 Å². The molecule has 1 aromatic carbocycles. The molecule has 5 nitrogen and oxygen atoms in total. The molecule has 5 heteroatoms. The number of rotatable bonds is 6. The van der Waals surface area contributed by atoms with E-state index >= 15 is 0 Å². The van der Waals surface area contributed by atoms with Crippen molar-refractivity contribution >= 4 is 6.03 Å². The van der Waals surface area contributed by atoms with Crippen molar-refractivity contribution in [2.24, 2.45) is 5.92 Å². The molecule has 134 valence electrons. The quantitative estimate of drug-likeness (QED) is 0.849. The molecule has 0 radical (unpaired) electrons. The Morgan fingerprint density at radius 2 is 1.88 bits per heavy atom. The zero-order valence-corrected chi connectivity index (χ0v) is 14.9. The minimum atomic E-state index is -0.0767. The molecule has 1 aliphatic heterocycles. The second-order valence-corrected chi connectivity index (χ2v) is 6.80. The number of carbonyl (C=O) groups excluding carboxylic acids is 1. The molecule has 25 heavy (non-hydrogen) atoms. The number of amides is 2. The summed E-state index contributed by atoms with van der Waals surface area (Å²) in [5.41, 5.74) is 1.34. The molecule has 3 rings (SSSR count). The van der Waals surface area contributed by atoms with Crippen LogP contribution in [0.4, 0.5) is 4.79 Å². The normalized spacial score (nSPS) is 21.0. The lowest BCUT2D eigenvalue weighted by atomic mass is 9.85. The molecule has 2 amide bonds. The summed E-state index contributed by atoms with van der Waals surface area (Å²) in [6.45, 7) is 3.24. The molecule has 2 atom stereocenters. The Bertz CT molecular complexity index is 641. The Morgan fingerprint density at radius 1 is 1.12 bits per heavy atom. The Morgan fingerprint density at radius 3 is 2.64 bits per heavy atom. The Hall–Kier alpha value is -2.27. The predicted molar refractivity (Wildman–Crippen MR) is 100 cm³/mol. The molecule has 2 unspecified atom stereocenters. The highest BCUT2D eigenvalue weighted by atomic mass is 16.2.